The molecule has 0 spiro atoms. The third-order valence-corrected chi connectivity index (χ3v) is 6.88. The van der Waals surface area contributed by atoms with Crippen LogP contribution in [-0.2, 0) is 10.0 Å². The van der Waals surface area contributed by atoms with Crippen molar-refractivity contribution in [3.05, 3.63) is 30.1 Å². The minimum Gasteiger partial charge on any atom is -0.473 e. The zero-order chi connectivity index (χ0) is 22.0. The zero-order valence-electron chi connectivity index (χ0n) is 18.0. The van der Waals surface area contributed by atoms with E-state index >= 15 is 0 Å². The van der Waals surface area contributed by atoms with E-state index in [0.29, 0.717) is 28.7 Å². The molecule has 3 N–H and O–H groups in total. The Bertz CT molecular complexity index is 1170. The molecular formula is C21H28N6O3S. The van der Waals surface area contributed by atoms with Crippen molar-refractivity contribution in [1.29, 1.82) is 0 Å². The maximum Gasteiger partial charge on any atom is 0.245 e. The molecule has 166 valence electrons. The number of imidazole rings is 1. The van der Waals surface area contributed by atoms with Crippen molar-refractivity contribution in [3.8, 4) is 5.88 Å². The fourth-order valence-corrected chi connectivity index (χ4v) is 5.07. The Morgan fingerprint density at radius 1 is 1.16 bits per heavy atom. The number of hydrogen-bond acceptors (Lipinski definition) is 7. The van der Waals surface area contributed by atoms with Crippen LogP contribution in [0.1, 0.15) is 51.5 Å². The van der Waals surface area contributed by atoms with Gasteiger partial charge in [-0.3, -0.25) is 0 Å². The largest absolute Gasteiger partial charge is 0.473 e. The molecule has 0 bridgehead atoms. The highest BCUT2D eigenvalue weighted by Gasteiger charge is 2.20. The first kappa shape index (κ1) is 21.5. The van der Waals surface area contributed by atoms with Gasteiger partial charge in [0.15, 0.2) is 5.65 Å². The maximum absolute atomic E-state index is 12.4. The van der Waals surface area contributed by atoms with Crippen molar-refractivity contribution in [3.63, 3.8) is 0 Å². The Balaban J connectivity index is 1.59. The van der Waals surface area contributed by atoms with Gasteiger partial charge in [-0.25, -0.2) is 18.1 Å². The lowest BCUT2D eigenvalue weighted by atomic mass is 9.98. The number of H-pyrrole nitrogens is 1. The van der Waals surface area contributed by atoms with Gasteiger partial charge in [0.1, 0.15) is 11.6 Å². The van der Waals surface area contributed by atoms with Crippen LogP contribution >= 0.6 is 0 Å². The van der Waals surface area contributed by atoms with E-state index in [1.54, 1.807) is 38.4 Å². The minimum absolute atomic E-state index is 0.141. The molecule has 0 unspecified atom stereocenters. The van der Waals surface area contributed by atoms with Gasteiger partial charge in [-0.1, -0.05) is 6.42 Å². The number of hydrogen-bond donors (Lipinski definition) is 3. The van der Waals surface area contributed by atoms with Gasteiger partial charge in [-0.05, 0) is 70.2 Å². The zero-order valence-corrected chi connectivity index (χ0v) is 18.8. The number of anilines is 2. The van der Waals surface area contributed by atoms with Gasteiger partial charge in [0.05, 0.1) is 11.2 Å². The van der Waals surface area contributed by atoms with E-state index in [0.717, 1.165) is 31.2 Å². The molecule has 0 saturated heterocycles. The Morgan fingerprint density at radius 3 is 2.65 bits per heavy atom. The Labute approximate surface area is 182 Å². The molecule has 0 aliphatic heterocycles. The summed E-state index contributed by atoms with van der Waals surface area (Å²) < 4.78 is 33.6. The fraction of sp³-hybridized carbons (Fsp3) is 0.476. The first-order valence-electron chi connectivity index (χ1n) is 10.6. The molecule has 4 rings (SSSR count). The van der Waals surface area contributed by atoms with Crippen molar-refractivity contribution < 1.29 is 13.2 Å². The molecule has 0 radical (unpaired) electrons. The second kappa shape index (κ2) is 8.80. The highest BCUT2D eigenvalue weighted by atomic mass is 32.2. The molecule has 1 saturated carbocycles. The summed E-state index contributed by atoms with van der Waals surface area (Å²) in [7, 11) is -3.56. The van der Waals surface area contributed by atoms with Crippen molar-refractivity contribution in [2.75, 3.05) is 5.32 Å². The predicted octanol–water partition coefficient (Wildman–Crippen LogP) is 3.80. The molecule has 1 aliphatic rings. The van der Waals surface area contributed by atoms with Gasteiger partial charge in [0, 0.05) is 11.7 Å². The second-order valence-corrected chi connectivity index (χ2v) is 9.92. The third kappa shape index (κ3) is 4.96. The summed E-state index contributed by atoms with van der Waals surface area (Å²) >= 11 is 0. The lowest BCUT2D eigenvalue weighted by molar-refractivity contribution is 0.150. The normalized spacial score (nSPS) is 15.5. The van der Waals surface area contributed by atoms with Crippen LogP contribution in [0.2, 0.25) is 0 Å². The topological polar surface area (TPSA) is 122 Å². The van der Waals surface area contributed by atoms with Crippen LogP contribution in [0.5, 0.6) is 5.88 Å². The van der Waals surface area contributed by atoms with Gasteiger partial charge in [0.2, 0.25) is 21.9 Å². The van der Waals surface area contributed by atoms with Gasteiger partial charge in [0.25, 0.3) is 0 Å². The number of sulfonamides is 1. The Morgan fingerprint density at radius 2 is 1.94 bits per heavy atom. The molecule has 2 aromatic heterocycles. The van der Waals surface area contributed by atoms with Crippen molar-refractivity contribution in [2.45, 2.75) is 69.9 Å². The molecule has 0 atom stereocenters. The molecule has 1 aliphatic carbocycles. The number of nitrogens with one attached hydrogen (secondary N) is 3. The predicted molar refractivity (Wildman–Crippen MR) is 119 cm³/mol. The summed E-state index contributed by atoms with van der Waals surface area (Å²) in [6.45, 7) is 5.41. The van der Waals surface area contributed by atoms with E-state index in [-0.39, 0.29) is 17.0 Å². The van der Waals surface area contributed by atoms with E-state index in [2.05, 4.69) is 30.0 Å². The number of nitrogens with zero attached hydrogens (tertiary/aromatic N) is 3. The minimum atomic E-state index is -3.56. The highest BCUT2D eigenvalue weighted by Crippen LogP contribution is 2.29. The monoisotopic (exact) mass is 444 g/mol. The van der Waals surface area contributed by atoms with Crippen molar-refractivity contribution in [1.82, 2.24) is 24.7 Å². The summed E-state index contributed by atoms with van der Waals surface area (Å²) in [5, 5.41) is 3.18. The van der Waals surface area contributed by atoms with Crippen LogP contribution in [0, 0.1) is 6.92 Å². The summed E-state index contributed by atoms with van der Waals surface area (Å²) in [5.74, 6) is 0.833. The van der Waals surface area contributed by atoms with E-state index < -0.39 is 10.0 Å². The quantitative estimate of drug-likeness (QED) is 0.506. The summed E-state index contributed by atoms with van der Waals surface area (Å²) in [4.78, 5) is 16.6. The Hall–Kier alpha value is -2.72. The fourth-order valence-electron chi connectivity index (χ4n) is 3.73. The highest BCUT2D eigenvalue weighted by molar-refractivity contribution is 7.89. The molecule has 31 heavy (non-hydrogen) atoms. The van der Waals surface area contributed by atoms with E-state index in [9.17, 15) is 8.42 Å². The molecule has 1 aromatic carbocycles. The van der Waals surface area contributed by atoms with Crippen molar-refractivity contribution in [2.24, 2.45) is 0 Å². The van der Waals surface area contributed by atoms with Crippen LogP contribution in [-0.4, -0.2) is 40.5 Å². The van der Waals surface area contributed by atoms with Crippen LogP contribution in [0.25, 0.3) is 11.2 Å². The standard InChI is InChI=1S/C21H28N6O3S/c1-13(2)27-31(28,29)16-9-10-17(14(3)11-16)24-21-25-19-18(22-12-23-19)20(26-21)30-15-7-5-4-6-8-15/h9-13,15,27H,4-8H2,1-3H3,(H2,22,23,24,25,26). The molecule has 1 fully saturated rings. The van der Waals surface area contributed by atoms with E-state index in [1.165, 1.54) is 6.42 Å². The lowest BCUT2D eigenvalue weighted by Crippen LogP contribution is -2.30. The molecule has 9 nitrogen and oxygen atoms in total. The first-order valence-corrected chi connectivity index (χ1v) is 12.1. The number of fused-ring (bicyclic) bond motifs is 1. The number of aryl methyl sites for hydroxylation is 1. The van der Waals surface area contributed by atoms with Crippen LogP contribution in [0.3, 0.4) is 0 Å². The number of aromatic amines is 1. The number of ether oxygens (including phenoxy) is 1. The van der Waals surface area contributed by atoms with Gasteiger partial charge < -0.3 is 15.0 Å². The average molecular weight is 445 g/mol. The summed E-state index contributed by atoms with van der Waals surface area (Å²) in [6.07, 6.45) is 7.31. The molecule has 3 aromatic rings. The van der Waals surface area contributed by atoms with Gasteiger partial charge >= 0.3 is 0 Å². The molecular weight excluding hydrogens is 416 g/mol. The average Bonchev–Trinajstić information content (AvgIpc) is 3.18. The summed E-state index contributed by atoms with van der Waals surface area (Å²) in [5.41, 5.74) is 2.66. The van der Waals surface area contributed by atoms with E-state index in [1.807, 2.05) is 6.92 Å². The van der Waals surface area contributed by atoms with Crippen LogP contribution < -0.4 is 14.8 Å². The molecule has 10 heteroatoms. The maximum atomic E-state index is 12.4. The van der Waals surface area contributed by atoms with Crippen LogP contribution in [0.15, 0.2) is 29.4 Å². The summed E-state index contributed by atoms with van der Waals surface area (Å²) in [6, 6.07) is 4.72. The SMILES string of the molecule is Cc1cc(S(=O)(=O)NC(C)C)ccc1Nc1nc(OC2CCCCC2)c2[nH]cnc2n1. The number of aromatic nitrogens is 4. The van der Waals surface area contributed by atoms with Crippen molar-refractivity contribution >= 4 is 32.8 Å². The first-order chi connectivity index (χ1) is 14.8. The second-order valence-electron chi connectivity index (χ2n) is 8.21. The third-order valence-electron chi connectivity index (χ3n) is 5.23. The smallest absolute Gasteiger partial charge is 0.245 e. The van der Waals surface area contributed by atoms with E-state index in [4.69, 9.17) is 4.74 Å². The molecule has 2 heterocycles. The molecule has 0 amide bonds. The number of rotatable bonds is 7. The van der Waals surface area contributed by atoms with Crippen LogP contribution in [0.4, 0.5) is 11.6 Å². The lowest BCUT2D eigenvalue weighted by Gasteiger charge is -2.22. The van der Waals surface area contributed by atoms with Gasteiger partial charge in [-0.15, -0.1) is 0 Å². The van der Waals surface area contributed by atoms with Gasteiger partial charge in [-0.2, -0.15) is 9.97 Å². The number of benzene rings is 1. The Kier molecular flexibility index (Phi) is 6.10.